The van der Waals surface area contributed by atoms with E-state index in [1.807, 2.05) is 19.1 Å². The average Bonchev–Trinajstić information content (AvgIpc) is 2.78. The number of nitrogens with zero attached hydrogens (tertiary/aromatic N) is 2. The molecular formula is C28H41N3O2. The van der Waals surface area contributed by atoms with Gasteiger partial charge in [0.2, 0.25) is 5.91 Å². The van der Waals surface area contributed by atoms with Crippen molar-refractivity contribution in [2.24, 2.45) is 0 Å². The molecule has 2 aliphatic heterocycles. The minimum Gasteiger partial charge on any atom is -0.390 e. The average molecular weight is 452 g/mol. The molecule has 5 nitrogen and oxygen atoms in total. The van der Waals surface area contributed by atoms with Crippen LogP contribution >= 0.6 is 0 Å². The van der Waals surface area contributed by atoms with Crippen molar-refractivity contribution in [2.45, 2.75) is 70.7 Å². The Morgan fingerprint density at radius 1 is 0.788 bits per heavy atom. The number of carbonyl (C=O) groups excluding carboxylic acids is 1. The van der Waals surface area contributed by atoms with E-state index in [-0.39, 0.29) is 11.4 Å². The van der Waals surface area contributed by atoms with Gasteiger partial charge in [0.15, 0.2) is 0 Å². The molecule has 0 radical (unpaired) electrons. The Hall–Kier alpha value is -2.21. The van der Waals surface area contributed by atoms with E-state index in [1.165, 1.54) is 11.1 Å². The topological polar surface area (TPSA) is 55.8 Å². The second-order valence-corrected chi connectivity index (χ2v) is 10.3. The van der Waals surface area contributed by atoms with Crippen molar-refractivity contribution >= 4 is 5.91 Å². The highest BCUT2D eigenvalue weighted by Gasteiger charge is 2.30. The van der Waals surface area contributed by atoms with E-state index in [4.69, 9.17) is 0 Å². The van der Waals surface area contributed by atoms with E-state index in [2.05, 4.69) is 70.6 Å². The Bertz CT molecular complexity index is 836. The van der Waals surface area contributed by atoms with E-state index in [0.29, 0.717) is 0 Å². The van der Waals surface area contributed by atoms with Crippen LogP contribution in [0, 0.1) is 0 Å². The third kappa shape index (κ3) is 8.92. The zero-order valence-corrected chi connectivity index (χ0v) is 20.6. The van der Waals surface area contributed by atoms with Gasteiger partial charge in [-0.15, -0.1) is 0 Å². The van der Waals surface area contributed by atoms with Gasteiger partial charge in [-0.25, -0.2) is 0 Å². The Balaban J connectivity index is 0.000000189. The van der Waals surface area contributed by atoms with Crippen LogP contribution in [-0.2, 0) is 17.9 Å². The van der Waals surface area contributed by atoms with Crippen LogP contribution in [0.3, 0.4) is 0 Å². The monoisotopic (exact) mass is 451 g/mol. The quantitative estimate of drug-likeness (QED) is 0.715. The molecule has 33 heavy (non-hydrogen) atoms. The van der Waals surface area contributed by atoms with Gasteiger partial charge in [0, 0.05) is 51.7 Å². The summed E-state index contributed by atoms with van der Waals surface area (Å²) >= 11 is 0. The zero-order chi connectivity index (χ0) is 23.7. The van der Waals surface area contributed by atoms with Gasteiger partial charge in [0.1, 0.15) is 0 Å². The highest BCUT2D eigenvalue weighted by Crippen LogP contribution is 2.23. The van der Waals surface area contributed by atoms with E-state index in [1.54, 1.807) is 6.92 Å². The second kappa shape index (κ2) is 11.8. The van der Waals surface area contributed by atoms with Crippen molar-refractivity contribution < 1.29 is 9.90 Å². The zero-order valence-electron chi connectivity index (χ0n) is 20.6. The normalized spacial score (nSPS) is 20.4. The van der Waals surface area contributed by atoms with Gasteiger partial charge >= 0.3 is 0 Å². The van der Waals surface area contributed by atoms with Crippen molar-refractivity contribution in [1.29, 1.82) is 0 Å². The number of carbonyl (C=O) groups is 1. The summed E-state index contributed by atoms with van der Waals surface area (Å²) in [6.07, 6.45) is 3.83. The van der Waals surface area contributed by atoms with Crippen molar-refractivity contribution in [3.63, 3.8) is 0 Å². The fourth-order valence-corrected chi connectivity index (χ4v) is 4.63. The fraction of sp³-hybridized carbons (Fsp3) is 0.536. The van der Waals surface area contributed by atoms with Gasteiger partial charge in [-0.05, 0) is 50.7 Å². The van der Waals surface area contributed by atoms with Gasteiger partial charge < -0.3 is 10.4 Å². The van der Waals surface area contributed by atoms with Crippen molar-refractivity contribution in [3.05, 3.63) is 71.8 Å². The number of aliphatic hydroxyl groups is 1. The maximum Gasteiger partial charge on any atom is 0.217 e. The first-order valence-corrected chi connectivity index (χ1v) is 12.3. The molecule has 2 aliphatic rings. The molecule has 180 valence electrons. The number of piperidine rings is 2. The van der Waals surface area contributed by atoms with Crippen LogP contribution in [0.5, 0.6) is 0 Å². The van der Waals surface area contributed by atoms with Crippen LogP contribution in [0.4, 0.5) is 0 Å². The molecule has 0 aliphatic carbocycles. The molecule has 0 atom stereocenters. The summed E-state index contributed by atoms with van der Waals surface area (Å²) < 4.78 is 0. The van der Waals surface area contributed by atoms with Crippen molar-refractivity contribution in [3.8, 4) is 0 Å². The Morgan fingerprint density at radius 2 is 1.18 bits per heavy atom. The number of benzene rings is 2. The minimum atomic E-state index is -0.437. The molecule has 1 amide bonds. The number of likely N-dealkylation sites (tertiary alicyclic amines) is 2. The third-order valence-corrected chi connectivity index (χ3v) is 6.87. The number of rotatable bonds is 5. The molecule has 0 aromatic heterocycles. The van der Waals surface area contributed by atoms with Gasteiger partial charge in [-0.2, -0.15) is 0 Å². The summed E-state index contributed by atoms with van der Waals surface area (Å²) in [6, 6.07) is 21.1. The maximum atomic E-state index is 11.2. The molecule has 2 fully saturated rings. The lowest BCUT2D eigenvalue weighted by Crippen LogP contribution is -2.52. The molecular weight excluding hydrogens is 410 g/mol. The Kier molecular flexibility index (Phi) is 9.07. The number of hydrogen-bond acceptors (Lipinski definition) is 4. The Morgan fingerprint density at radius 3 is 1.58 bits per heavy atom. The smallest absolute Gasteiger partial charge is 0.217 e. The lowest BCUT2D eigenvalue weighted by atomic mass is 9.89. The number of amides is 1. The van der Waals surface area contributed by atoms with Crippen molar-refractivity contribution in [2.75, 3.05) is 26.2 Å². The molecule has 0 saturated carbocycles. The first-order chi connectivity index (χ1) is 15.7. The Labute approximate surface area is 199 Å². The summed E-state index contributed by atoms with van der Waals surface area (Å²) in [4.78, 5) is 16.0. The van der Waals surface area contributed by atoms with Crippen LogP contribution in [0.2, 0.25) is 0 Å². The molecule has 2 aromatic carbocycles. The lowest BCUT2D eigenvalue weighted by molar-refractivity contribution is -0.121. The highest BCUT2D eigenvalue weighted by atomic mass is 16.3. The standard InChI is InChI=1S/C15H22N2O.C13H19NO/c1-13(18)16-15(2)8-10-17(11-9-15)12-14-6-4-3-5-7-14;1-13(15)7-9-14(10-8-13)11-12-5-3-2-4-6-12/h3-7H,8-12H2,1-2H3,(H,16,18);2-6,15H,7-11H2,1H3. The SMILES string of the molecule is CC(=O)NC1(C)CCN(Cc2ccccc2)CC1.CC1(O)CCN(Cc2ccccc2)CC1. The second-order valence-electron chi connectivity index (χ2n) is 10.3. The van der Waals surface area contributed by atoms with Crippen LogP contribution < -0.4 is 5.32 Å². The van der Waals surface area contributed by atoms with E-state index in [0.717, 1.165) is 65.0 Å². The van der Waals surface area contributed by atoms with Crippen LogP contribution in [0.25, 0.3) is 0 Å². The predicted octanol–water partition coefficient (Wildman–Crippen LogP) is 4.21. The molecule has 2 aromatic rings. The summed E-state index contributed by atoms with van der Waals surface area (Å²) in [7, 11) is 0. The summed E-state index contributed by atoms with van der Waals surface area (Å²) in [5.74, 6) is 0.0778. The van der Waals surface area contributed by atoms with Gasteiger partial charge in [-0.3, -0.25) is 14.6 Å². The molecule has 4 rings (SSSR count). The summed E-state index contributed by atoms with van der Waals surface area (Å²) in [6.45, 7) is 11.8. The maximum absolute atomic E-state index is 11.2. The molecule has 2 heterocycles. The van der Waals surface area contributed by atoms with E-state index >= 15 is 0 Å². The molecule has 0 unspecified atom stereocenters. The fourth-order valence-electron chi connectivity index (χ4n) is 4.63. The number of nitrogens with one attached hydrogen (secondary N) is 1. The van der Waals surface area contributed by atoms with Crippen LogP contribution in [0.15, 0.2) is 60.7 Å². The lowest BCUT2D eigenvalue weighted by Gasteiger charge is -2.39. The highest BCUT2D eigenvalue weighted by molar-refractivity contribution is 5.73. The summed E-state index contributed by atoms with van der Waals surface area (Å²) in [5, 5.41) is 12.9. The van der Waals surface area contributed by atoms with E-state index in [9.17, 15) is 9.90 Å². The third-order valence-electron chi connectivity index (χ3n) is 6.87. The molecule has 0 spiro atoms. The molecule has 5 heteroatoms. The minimum absolute atomic E-state index is 0.0149. The van der Waals surface area contributed by atoms with Gasteiger partial charge in [-0.1, -0.05) is 60.7 Å². The van der Waals surface area contributed by atoms with Gasteiger partial charge in [0.25, 0.3) is 0 Å². The molecule has 0 bridgehead atoms. The largest absolute Gasteiger partial charge is 0.390 e. The van der Waals surface area contributed by atoms with Crippen LogP contribution in [-0.4, -0.2) is 58.1 Å². The predicted molar refractivity (Wildman–Crippen MR) is 135 cm³/mol. The molecule has 2 N–H and O–H groups in total. The van der Waals surface area contributed by atoms with E-state index < -0.39 is 5.60 Å². The van der Waals surface area contributed by atoms with Gasteiger partial charge in [0.05, 0.1) is 5.60 Å². The van der Waals surface area contributed by atoms with Crippen LogP contribution in [0.1, 0.15) is 57.6 Å². The number of hydrogen-bond donors (Lipinski definition) is 2. The van der Waals surface area contributed by atoms with Crippen molar-refractivity contribution in [1.82, 2.24) is 15.1 Å². The molecule has 2 saturated heterocycles. The summed E-state index contributed by atoms with van der Waals surface area (Å²) in [5.41, 5.74) is 2.27. The first-order valence-electron chi connectivity index (χ1n) is 12.3. The first kappa shape index (κ1) is 25.4.